The highest BCUT2D eigenvalue weighted by atomic mass is 35.5. The van der Waals surface area contributed by atoms with E-state index in [1.165, 1.54) is 23.6 Å². The molecule has 0 saturated carbocycles. The number of rotatable bonds is 2. The summed E-state index contributed by atoms with van der Waals surface area (Å²) >= 11 is 5.86. The number of halogens is 4. The van der Waals surface area contributed by atoms with E-state index < -0.39 is 11.7 Å². The predicted octanol–water partition coefficient (Wildman–Crippen LogP) is 4.31. The summed E-state index contributed by atoms with van der Waals surface area (Å²) in [5.41, 5.74) is 1.53. The molecule has 0 saturated heterocycles. The monoisotopic (exact) mass is 355 g/mol. The van der Waals surface area contributed by atoms with Crippen molar-refractivity contribution in [3.8, 4) is 5.88 Å². The number of nitrogens with zero attached hydrogens (tertiary/aromatic N) is 3. The summed E-state index contributed by atoms with van der Waals surface area (Å²) in [5.74, 6) is -0.180. The summed E-state index contributed by atoms with van der Waals surface area (Å²) in [7, 11) is 0. The number of alkyl halides is 3. The van der Waals surface area contributed by atoms with Gasteiger partial charge in [0.1, 0.15) is 5.15 Å². The van der Waals surface area contributed by atoms with Crippen LogP contribution in [-0.2, 0) is 12.6 Å². The van der Waals surface area contributed by atoms with E-state index in [9.17, 15) is 18.3 Å². The Morgan fingerprint density at radius 1 is 1.25 bits per heavy atom. The van der Waals surface area contributed by atoms with Gasteiger partial charge in [-0.1, -0.05) is 23.7 Å². The molecule has 0 atom stereocenters. The number of aromatic nitrogens is 3. The van der Waals surface area contributed by atoms with E-state index in [4.69, 9.17) is 11.6 Å². The molecule has 126 valence electrons. The van der Waals surface area contributed by atoms with Gasteiger partial charge in [0.05, 0.1) is 11.3 Å². The molecule has 0 spiro atoms. The van der Waals surface area contributed by atoms with Crippen LogP contribution in [0.2, 0.25) is 5.15 Å². The molecule has 3 aromatic rings. The first kappa shape index (κ1) is 16.6. The molecule has 24 heavy (non-hydrogen) atoms. The molecule has 0 radical (unpaired) electrons. The van der Waals surface area contributed by atoms with Crippen molar-refractivity contribution in [1.29, 1.82) is 0 Å². The molecule has 8 heteroatoms. The summed E-state index contributed by atoms with van der Waals surface area (Å²) in [5, 5.41) is 14.1. The van der Waals surface area contributed by atoms with Gasteiger partial charge in [-0.15, -0.1) is 0 Å². The number of benzene rings is 1. The van der Waals surface area contributed by atoms with Crippen LogP contribution in [0.5, 0.6) is 5.88 Å². The predicted molar refractivity (Wildman–Crippen MR) is 83.4 cm³/mol. The van der Waals surface area contributed by atoms with Crippen molar-refractivity contribution in [2.75, 3.05) is 0 Å². The molecular formula is C16H13ClF3N3O. The molecule has 0 amide bonds. The Balaban J connectivity index is 2.13. The second kappa shape index (κ2) is 5.66. The van der Waals surface area contributed by atoms with Crippen LogP contribution in [0.15, 0.2) is 24.3 Å². The number of aromatic hydroxyl groups is 1. The maximum atomic E-state index is 13.1. The second-order valence-electron chi connectivity index (χ2n) is 5.50. The van der Waals surface area contributed by atoms with E-state index in [-0.39, 0.29) is 23.0 Å². The minimum Gasteiger partial charge on any atom is -0.493 e. The molecule has 1 N–H and O–H groups in total. The van der Waals surface area contributed by atoms with Crippen LogP contribution >= 0.6 is 11.6 Å². The maximum Gasteiger partial charge on any atom is 0.416 e. The lowest BCUT2D eigenvalue weighted by Gasteiger charge is -2.13. The fraction of sp³-hybridized carbons (Fsp3) is 0.250. The second-order valence-corrected chi connectivity index (χ2v) is 5.89. The summed E-state index contributed by atoms with van der Waals surface area (Å²) in [4.78, 5) is 4.14. The van der Waals surface area contributed by atoms with E-state index in [0.29, 0.717) is 22.5 Å². The van der Waals surface area contributed by atoms with E-state index in [0.717, 1.165) is 6.07 Å². The first-order chi connectivity index (χ1) is 11.2. The minimum atomic E-state index is -4.41. The van der Waals surface area contributed by atoms with Gasteiger partial charge in [-0.2, -0.15) is 22.8 Å². The van der Waals surface area contributed by atoms with Gasteiger partial charge in [0, 0.05) is 18.1 Å². The van der Waals surface area contributed by atoms with Crippen LogP contribution in [0.4, 0.5) is 13.2 Å². The van der Waals surface area contributed by atoms with Crippen LogP contribution in [-0.4, -0.2) is 19.7 Å². The highest BCUT2D eigenvalue weighted by Crippen LogP contribution is 2.34. The fourth-order valence-corrected chi connectivity index (χ4v) is 2.88. The number of aryl methyl sites for hydroxylation is 1. The molecule has 0 aliphatic rings. The third kappa shape index (κ3) is 2.80. The lowest BCUT2D eigenvalue weighted by molar-refractivity contribution is -0.138. The van der Waals surface area contributed by atoms with Gasteiger partial charge in [-0.25, -0.2) is 4.98 Å². The Morgan fingerprint density at radius 3 is 2.62 bits per heavy atom. The number of hydrogen-bond donors (Lipinski definition) is 1. The number of hydrogen-bond acceptors (Lipinski definition) is 3. The van der Waals surface area contributed by atoms with E-state index in [1.807, 2.05) is 0 Å². The Labute approximate surface area is 140 Å². The zero-order chi connectivity index (χ0) is 17.6. The molecule has 2 heterocycles. The first-order valence-electron chi connectivity index (χ1n) is 7.08. The van der Waals surface area contributed by atoms with Gasteiger partial charge in [-0.3, -0.25) is 0 Å². The Morgan fingerprint density at radius 2 is 1.96 bits per heavy atom. The largest absolute Gasteiger partial charge is 0.493 e. The number of fused-ring (bicyclic) bond motifs is 1. The molecule has 3 rings (SSSR count). The van der Waals surface area contributed by atoms with Crippen molar-refractivity contribution in [3.05, 3.63) is 57.4 Å². The molecule has 0 fully saturated rings. The molecule has 0 unspecified atom stereocenters. The van der Waals surface area contributed by atoms with Crippen LogP contribution in [0.1, 0.15) is 27.9 Å². The summed E-state index contributed by atoms with van der Waals surface area (Å²) in [6, 6.07) is 5.32. The molecule has 4 nitrogen and oxygen atoms in total. The Kier molecular flexibility index (Phi) is 3.91. The van der Waals surface area contributed by atoms with Gasteiger partial charge in [-0.05, 0) is 31.0 Å². The van der Waals surface area contributed by atoms with Gasteiger partial charge in [0.2, 0.25) is 5.88 Å². The van der Waals surface area contributed by atoms with Crippen molar-refractivity contribution in [1.82, 2.24) is 14.6 Å². The molecule has 1 aromatic carbocycles. The maximum absolute atomic E-state index is 13.1. The third-order valence-electron chi connectivity index (χ3n) is 3.95. The van der Waals surface area contributed by atoms with Crippen molar-refractivity contribution in [2.24, 2.45) is 0 Å². The highest BCUT2D eigenvalue weighted by Gasteiger charge is 2.33. The standard InChI is InChI=1S/C16H13ClF3N3O/c1-8-10(4-3-5-12(8)16(18,19)20)6-11-9(2)22-23-14(24)7-13(17)21-15(11)23/h3-5,7,24H,6H2,1-2H3. The lowest BCUT2D eigenvalue weighted by Crippen LogP contribution is -2.09. The van der Waals surface area contributed by atoms with E-state index in [2.05, 4.69) is 10.1 Å². The molecule has 0 aliphatic carbocycles. The van der Waals surface area contributed by atoms with Gasteiger partial charge in [0.15, 0.2) is 5.65 Å². The zero-order valence-corrected chi connectivity index (χ0v) is 13.6. The topological polar surface area (TPSA) is 50.4 Å². The van der Waals surface area contributed by atoms with Crippen molar-refractivity contribution in [2.45, 2.75) is 26.4 Å². The first-order valence-corrected chi connectivity index (χ1v) is 7.45. The minimum absolute atomic E-state index is 0.0851. The van der Waals surface area contributed by atoms with Crippen molar-refractivity contribution < 1.29 is 18.3 Å². The van der Waals surface area contributed by atoms with E-state index in [1.54, 1.807) is 13.0 Å². The molecule has 2 aromatic heterocycles. The zero-order valence-electron chi connectivity index (χ0n) is 12.8. The highest BCUT2D eigenvalue weighted by molar-refractivity contribution is 6.29. The average Bonchev–Trinajstić information content (AvgIpc) is 2.77. The van der Waals surface area contributed by atoms with Gasteiger partial charge in [0.25, 0.3) is 0 Å². The fourth-order valence-electron chi connectivity index (χ4n) is 2.70. The Hall–Kier alpha value is -2.28. The van der Waals surface area contributed by atoms with Crippen LogP contribution < -0.4 is 0 Å². The van der Waals surface area contributed by atoms with Crippen LogP contribution in [0, 0.1) is 13.8 Å². The lowest BCUT2D eigenvalue weighted by atomic mass is 9.96. The third-order valence-corrected chi connectivity index (χ3v) is 4.15. The molecule has 0 aliphatic heterocycles. The smallest absolute Gasteiger partial charge is 0.416 e. The van der Waals surface area contributed by atoms with Crippen LogP contribution in [0.25, 0.3) is 5.65 Å². The van der Waals surface area contributed by atoms with Crippen LogP contribution in [0.3, 0.4) is 0 Å². The van der Waals surface area contributed by atoms with Crippen molar-refractivity contribution in [3.63, 3.8) is 0 Å². The normalized spacial score (nSPS) is 12.1. The molecule has 0 bridgehead atoms. The van der Waals surface area contributed by atoms with Gasteiger partial charge >= 0.3 is 6.18 Å². The van der Waals surface area contributed by atoms with Gasteiger partial charge < -0.3 is 5.11 Å². The quantitative estimate of drug-likeness (QED) is 0.697. The van der Waals surface area contributed by atoms with E-state index >= 15 is 0 Å². The summed E-state index contributed by atoms with van der Waals surface area (Å²) < 4.78 is 40.4. The Bertz CT molecular complexity index is 934. The summed E-state index contributed by atoms with van der Waals surface area (Å²) in [6.07, 6.45) is -4.20. The van der Waals surface area contributed by atoms with Crippen molar-refractivity contribution >= 4 is 17.2 Å². The average molecular weight is 356 g/mol. The summed E-state index contributed by atoms with van der Waals surface area (Å²) in [6.45, 7) is 3.15. The molecular weight excluding hydrogens is 343 g/mol. The SMILES string of the molecule is Cc1nn2c(O)cc(Cl)nc2c1Cc1cccc(C(F)(F)F)c1C.